The van der Waals surface area contributed by atoms with E-state index in [4.69, 9.17) is 4.74 Å². The molecule has 5 rings (SSSR count). The number of amides is 2. The first-order valence-electron chi connectivity index (χ1n) is 12.7. The molecule has 0 spiro atoms. The fourth-order valence-corrected chi connectivity index (χ4v) is 4.78. The maximum Gasteiger partial charge on any atom is 0.309 e. The van der Waals surface area contributed by atoms with Crippen molar-refractivity contribution in [3.05, 3.63) is 94.8 Å². The molecule has 0 atom stereocenters. The Morgan fingerprint density at radius 3 is 2.44 bits per heavy atom. The number of anilines is 2. The number of nitrogens with zero attached hydrogens (tertiary/aromatic N) is 2. The first-order chi connectivity index (χ1) is 18.8. The summed E-state index contributed by atoms with van der Waals surface area (Å²) in [5, 5.41) is 6.09. The van der Waals surface area contributed by atoms with E-state index in [1.54, 1.807) is 42.5 Å². The molecule has 2 aliphatic heterocycles. The second-order valence-electron chi connectivity index (χ2n) is 9.65. The number of rotatable bonds is 6. The van der Waals surface area contributed by atoms with Gasteiger partial charge in [-0.25, -0.2) is 4.39 Å². The molecular formula is C30H29FN4O4. The maximum absolute atomic E-state index is 13.9. The van der Waals surface area contributed by atoms with Gasteiger partial charge in [0.15, 0.2) is 0 Å². The van der Waals surface area contributed by atoms with E-state index in [1.165, 1.54) is 19.2 Å². The van der Waals surface area contributed by atoms with Crippen LogP contribution in [0.25, 0.3) is 11.3 Å². The first kappa shape index (κ1) is 26.1. The fraction of sp³-hybridized carbons (Fsp3) is 0.233. The number of piperazine rings is 1. The Morgan fingerprint density at radius 1 is 0.974 bits per heavy atom. The lowest BCUT2D eigenvalue weighted by Crippen LogP contribution is -2.47. The van der Waals surface area contributed by atoms with Crippen molar-refractivity contribution in [1.82, 2.24) is 9.80 Å². The van der Waals surface area contributed by atoms with Crippen LogP contribution in [-0.2, 0) is 20.7 Å². The minimum absolute atomic E-state index is 0.0186. The van der Waals surface area contributed by atoms with Crippen molar-refractivity contribution in [2.75, 3.05) is 51.0 Å². The van der Waals surface area contributed by atoms with Crippen LogP contribution in [0.1, 0.15) is 27.0 Å². The summed E-state index contributed by atoms with van der Waals surface area (Å²) in [7, 11) is 3.37. The van der Waals surface area contributed by atoms with Crippen LogP contribution < -0.4 is 10.6 Å². The van der Waals surface area contributed by atoms with Gasteiger partial charge in [0.1, 0.15) is 5.82 Å². The molecule has 0 bridgehead atoms. The Kier molecular flexibility index (Phi) is 7.42. The molecule has 0 aliphatic carbocycles. The molecule has 0 radical (unpaired) electrons. The van der Waals surface area contributed by atoms with Crippen LogP contribution in [0.2, 0.25) is 0 Å². The third-order valence-electron chi connectivity index (χ3n) is 6.96. The second-order valence-corrected chi connectivity index (χ2v) is 9.65. The van der Waals surface area contributed by atoms with Gasteiger partial charge in [-0.3, -0.25) is 14.4 Å². The van der Waals surface area contributed by atoms with E-state index in [2.05, 4.69) is 15.5 Å². The predicted molar refractivity (Wildman–Crippen MR) is 147 cm³/mol. The zero-order valence-corrected chi connectivity index (χ0v) is 21.8. The number of esters is 1. The number of carbonyl (C=O) groups is 3. The highest BCUT2D eigenvalue weighted by molar-refractivity contribution is 6.37. The summed E-state index contributed by atoms with van der Waals surface area (Å²) in [6.07, 6.45) is 0.0735. The standard InChI is InChI=1S/C30H29FN4O4/c1-34-12-14-35(15-13-34)30(38)20-6-9-23(10-7-20)32-28(21-5-3-4-19(16-21)17-26(36)39-2)27-24-11-8-22(31)18-25(24)33-29(27)37/h3-11,16,18,32H,12-15,17H2,1-2H3,(H,33,37)/b28-27-. The fourth-order valence-electron chi connectivity index (χ4n) is 4.78. The lowest BCUT2D eigenvalue weighted by molar-refractivity contribution is -0.139. The Bertz CT molecular complexity index is 1460. The monoisotopic (exact) mass is 528 g/mol. The van der Waals surface area contributed by atoms with Gasteiger partial charge in [0, 0.05) is 43.0 Å². The Morgan fingerprint density at radius 2 is 1.72 bits per heavy atom. The first-order valence-corrected chi connectivity index (χ1v) is 12.7. The quantitative estimate of drug-likeness (QED) is 0.373. The highest BCUT2D eigenvalue weighted by Gasteiger charge is 2.29. The molecular weight excluding hydrogens is 499 g/mol. The molecule has 8 nitrogen and oxygen atoms in total. The van der Waals surface area contributed by atoms with Crippen molar-refractivity contribution in [3.8, 4) is 0 Å². The van der Waals surface area contributed by atoms with Gasteiger partial charge in [-0.1, -0.05) is 18.2 Å². The van der Waals surface area contributed by atoms with Gasteiger partial charge in [0.05, 0.1) is 30.5 Å². The molecule has 1 fully saturated rings. The van der Waals surface area contributed by atoms with Gasteiger partial charge in [-0.2, -0.15) is 0 Å². The topological polar surface area (TPSA) is 91.0 Å². The number of fused-ring (bicyclic) bond motifs is 1. The molecule has 3 aromatic rings. The zero-order valence-electron chi connectivity index (χ0n) is 21.8. The molecule has 200 valence electrons. The number of likely N-dealkylation sites (N-methyl/N-ethyl adjacent to an activating group) is 1. The average molecular weight is 529 g/mol. The van der Waals surface area contributed by atoms with Gasteiger partial charge in [-0.15, -0.1) is 0 Å². The summed E-state index contributed by atoms with van der Waals surface area (Å²) >= 11 is 0. The number of ether oxygens (including phenoxy) is 1. The summed E-state index contributed by atoms with van der Waals surface area (Å²) in [6, 6.07) is 18.5. The molecule has 0 unspecified atom stereocenters. The van der Waals surface area contributed by atoms with Crippen molar-refractivity contribution in [1.29, 1.82) is 0 Å². The number of benzene rings is 3. The van der Waals surface area contributed by atoms with E-state index in [9.17, 15) is 18.8 Å². The van der Waals surface area contributed by atoms with Crippen molar-refractivity contribution < 1.29 is 23.5 Å². The average Bonchev–Trinajstić information content (AvgIpc) is 3.26. The smallest absolute Gasteiger partial charge is 0.309 e. The molecule has 2 heterocycles. The zero-order chi connectivity index (χ0) is 27.5. The molecule has 9 heteroatoms. The second kappa shape index (κ2) is 11.1. The SMILES string of the molecule is COC(=O)Cc1cccc(/C(Nc2ccc(C(=O)N3CCN(C)CC3)cc2)=C2/C(=O)Nc3cc(F)ccc32)c1. The van der Waals surface area contributed by atoms with Gasteiger partial charge in [-0.05, 0) is 66.7 Å². The van der Waals surface area contributed by atoms with Crippen LogP contribution in [0.15, 0.2) is 66.7 Å². The van der Waals surface area contributed by atoms with Crippen LogP contribution >= 0.6 is 0 Å². The highest BCUT2D eigenvalue weighted by Crippen LogP contribution is 2.38. The van der Waals surface area contributed by atoms with Crippen molar-refractivity contribution in [2.45, 2.75) is 6.42 Å². The van der Waals surface area contributed by atoms with Gasteiger partial charge < -0.3 is 25.2 Å². The Hall–Kier alpha value is -4.50. The molecule has 2 N–H and O–H groups in total. The van der Waals surface area contributed by atoms with Crippen molar-refractivity contribution >= 4 is 40.4 Å². The molecule has 0 saturated carbocycles. The van der Waals surface area contributed by atoms with Gasteiger partial charge >= 0.3 is 5.97 Å². The predicted octanol–water partition coefficient (Wildman–Crippen LogP) is 3.86. The van der Waals surface area contributed by atoms with E-state index in [1.807, 2.05) is 24.1 Å². The van der Waals surface area contributed by atoms with Crippen LogP contribution in [0, 0.1) is 5.82 Å². The Balaban J connectivity index is 1.50. The third kappa shape index (κ3) is 5.68. The van der Waals surface area contributed by atoms with E-state index in [0.717, 1.165) is 13.1 Å². The molecule has 0 aromatic heterocycles. The Labute approximate surface area is 226 Å². The lowest BCUT2D eigenvalue weighted by Gasteiger charge is -2.32. The molecule has 3 aromatic carbocycles. The number of halogens is 1. The number of methoxy groups -OCH3 is 1. The van der Waals surface area contributed by atoms with E-state index in [-0.39, 0.29) is 24.2 Å². The normalized spacial score (nSPS) is 16.4. The number of hydrogen-bond acceptors (Lipinski definition) is 6. The molecule has 2 aliphatic rings. The van der Waals surface area contributed by atoms with Crippen LogP contribution in [0.3, 0.4) is 0 Å². The summed E-state index contributed by atoms with van der Waals surface area (Å²) in [4.78, 5) is 42.1. The highest BCUT2D eigenvalue weighted by atomic mass is 19.1. The summed E-state index contributed by atoms with van der Waals surface area (Å²) < 4.78 is 18.7. The number of hydrogen-bond donors (Lipinski definition) is 2. The van der Waals surface area contributed by atoms with Gasteiger partial charge in [0.25, 0.3) is 11.8 Å². The largest absolute Gasteiger partial charge is 0.469 e. The third-order valence-corrected chi connectivity index (χ3v) is 6.96. The summed E-state index contributed by atoms with van der Waals surface area (Å²) in [5.41, 5.74) is 4.40. The molecule has 39 heavy (non-hydrogen) atoms. The van der Waals surface area contributed by atoms with E-state index in [0.29, 0.717) is 58.0 Å². The summed E-state index contributed by atoms with van der Waals surface area (Å²) in [5.74, 6) is -1.23. The number of nitrogens with one attached hydrogen (secondary N) is 2. The number of carbonyl (C=O) groups excluding carboxylic acids is 3. The van der Waals surface area contributed by atoms with Crippen molar-refractivity contribution in [2.24, 2.45) is 0 Å². The summed E-state index contributed by atoms with van der Waals surface area (Å²) in [6.45, 7) is 3.04. The minimum Gasteiger partial charge on any atom is -0.469 e. The van der Waals surface area contributed by atoms with Crippen LogP contribution in [-0.4, -0.2) is 67.9 Å². The van der Waals surface area contributed by atoms with E-state index >= 15 is 0 Å². The van der Waals surface area contributed by atoms with Gasteiger partial charge in [0.2, 0.25) is 0 Å². The lowest BCUT2D eigenvalue weighted by atomic mass is 9.98. The minimum atomic E-state index is -0.453. The molecule has 1 saturated heterocycles. The van der Waals surface area contributed by atoms with Crippen LogP contribution in [0.5, 0.6) is 0 Å². The maximum atomic E-state index is 13.9. The van der Waals surface area contributed by atoms with E-state index < -0.39 is 5.82 Å². The van der Waals surface area contributed by atoms with Crippen LogP contribution in [0.4, 0.5) is 15.8 Å². The molecule has 2 amide bonds. The van der Waals surface area contributed by atoms with Crippen molar-refractivity contribution in [3.63, 3.8) is 0 Å².